The summed E-state index contributed by atoms with van der Waals surface area (Å²) in [6.45, 7) is 7.71. The molecular weight excluding hydrogens is 251 g/mol. The minimum absolute atomic E-state index is 0.330. The van der Waals surface area contributed by atoms with Gasteiger partial charge in [-0.2, -0.15) is 0 Å². The standard InChI is InChI=1S/C13H18BF2NO2/c1-12(2)13(3,4)19-14(18-12)9-6-5-7-17-10(9)8-11(15)16/h5-7,11H,8H2,1-4H3. The Morgan fingerprint density at radius 1 is 1.21 bits per heavy atom. The smallest absolute Gasteiger partial charge is 0.399 e. The third-order valence-corrected chi connectivity index (χ3v) is 3.78. The highest BCUT2D eigenvalue weighted by molar-refractivity contribution is 6.62. The first-order valence-corrected chi connectivity index (χ1v) is 6.30. The Hall–Kier alpha value is -1.01. The predicted octanol–water partition coefficient (Wildman–Crippen LogP) is 2.19. The molecule has 19 heavy (non-hydrogen) atoms. The van der Waals surface area contributed by atoms with Crippen LogP contribution in [-0.4, -0.2) is 29.7 Å². The summed E-state index contributed by atoms with van der Waals surface area (Å²) >= 11 is 0. The van der Waals surface area contributed by atoms with Gasteiger partial charge < -0.3 is 9.31 Å². The molecule has 6 heteroatoms. The fourth-order valence-electron chi connectivity index (χ4n) is 1.95. The van der Waals surface area contributed by atoms with Gasteiger partial charge >= 0.3 is 7.12 Å². The molecule has 1 aromatic heterocycles. The van der Waals surface area contributed by atoms with Crippen molar-refractivity contribution in [2.45, 2.75) is 51.7 Å². The van der Waals surface area contributed by atoms with Crippen LogP contribution in [0.15, 0.2) is 18.3 Å². The predicted molar refractivity (Wildman–Crippen MR) is 69.7 cm³/mol. The number of aromatic nitrogens is 1. The maximum Gasteiger partial charge on any atom is 0.496 e. The number of pyridine rings is 1. The van der Waals surface area contributed by atoms with Crippen LogP contribution in [0.3, 0.4) is 0 Å². The van der Waals surface area contributed by atoms with E-state index in [-0.39, 0.29) is 6.42 Å². The van der Waals surface area contributed by atoms with Gasteiger partial charge in [0, 0.05) is 17.4 Å². The Morgan fingerprint density at radius 3 is 2.32 bits per heavy atom. The van der Waals surface area contributed by atoms with E-state index in [1.807, 2.05) is 27.7 Å². The van der Waals surface area contributed by atoms with E-state index in [0.717, 1.165) is 0 Å². The average molecular weight is 269 g/mol. The minimum Gasteiger partial charge on any atom is -0.399 e. The van der Waals surface area contributed by atoms with Crippen molar-refractivity contribution in [2.24, 2.45) is 0 Å². The summed E-state index contributed by atoms with van der Waals surface area (Å²) in [4.78, 5) is 4.02. The highest BCUT2D eigenvalue weighted by Crippen LogP contribution is 2.36. The second-order valence-corrected chi connectivity index (χ2v) is 5.72. The van der Waals surface area contributed by atoms with Crippen molar-refractivity contribution < 1.29 is 18.1 Å². The van der Waals surface area contributed by atoms with Crippen LogP contribution in [0.2, 0.25) is 0 Å². The molecule has 2 rings (SSSR count). The van der Waals surface area contributed by atoms with Crippen LogP contribution in [-0.2, 0) is 15.7 Å². The van der Waals surface area contributed by atoms with Gasteiger partial charge in [-0.15, -0.1) is 0 Å². The fourth-order valence-corrected chi connectivity index (χ4v) is 1.95. The van der Waals surface area contributed by atoms with Crippen molar-refractivity contribution in [1.29, 1.82) is 0 Å². The number of hydrogen-bond donors (Lipinski definition) is 0. The Balaban J connectivity index is 2.29. The quantitative estimate of drug-likeness (QED) is 0.788. The van der Waals surface area contributed by atoms with E-state index in [1.54, 1.807) is 12.1 Å². The zero-order valence-corrected chi connectivity index (χ0v) is 11.6. The molecule has 1 aliphatic heterocycles. The van der Waals surface area contributed by atoms with E-state index < -0.39 is 24.7 Å². The topological polar surface area (TPSA) is 31.4 Å². The monoisotopic (exact) mass is 269 g/mol. The van der Waals surface area contributed by atoms with Crippen LogP contribution >= 0.6 is 0 Å². The van der Waals surface area contributed by atoms with Gasteiger partial charge in [-0.05, 0) is 33.8 Å². The lowest BCUT2D eigenvalue weighted by atomic mass is 9.77. The average Bonchev–Trinajstić information content (AvgIpc) is 2.48. The molecule has 0 bridgehead atoms. The van der Waals surface area contributed by atoms with Gasteiger partial charge in [0.15, 0.2) is 0 Å². The Bertz CT molecular complexity index is 450. The summed E-state index contributed by atoms with van der Waals surface area (Å²) in [7, 11) is -0.646. The van der Waals surface area contributed by atoms with E-state index in [0.29, 0.717) is 11.2 Å². The molecule has 104 valence electrons. The van der Waals surface area contributed by atoms with E-state index in [9.17, 15) is 8.78 Å². The van der Waals surface area contributed by atoms with E-state index >= 15 is 0 Å². The lowest BCUT2D eigenvalue weighted by molar-refractivity contribution is 0.00578. The van der Waals surface area contributed by atoms with Gasteiger partial charge in [0.05, 0.1) is 17.6 Å². The molecule has 0 aliphatic carbocycles. The molecule has 1 fully saturated rings. The van der Waals surface area contributed by atoms with E-state index in [1.165, 1.54) is 6.20 Å². The van der Waals surface area contributed by atoms with Crippen LogP contribution in [0.4, 0.5) is 8.78 Å². The molecule has 0 amide bonds. The highest BCUT2D eigenvalue weighted by Gasteiger charge is 2.52. The molecule has 0 saturated carbocycles. The lowest BCUT2D eigenvalue weighted by Crippen LogP contribution is -2.41. The Kier molecular flexibility index (Phi) is 3.66. The molecule has 0 atom stereocenters. The van der Waals surface area contributed by atoms with Crippen LogP contribution in [0.25, 0.3) is 0 Å². The summed E-state index contributed by atoms with van der Waals surface area (Å²) in [5.41, 5.74) is -0.0666. The van der Waals surface area contributed by atoms with Crippen molar-refractivity contribution >= 4 is 12.6 Å². The Labute approximate surface area is 112 Å². The highest BCUT2D eigenvalue weighted by atomic mass is 19.3. The first-order valence-electron chi connectivity index (χ1n) is 6.30. The molecule has 0 aromatic carbocycles. The molecular formula is C13H18BF2NO2. The normalized spacial score (nSPS) is 21.1. The second-order valence-electron chi connectivity index (χ2n) is 5.72. The molecule has 1 saturated heterocycles. The molecule has 0 N–H and O–H groups in total. The number of hydrogen-bond acceptors (Lipinski definition) is 3. The third-order valence-electron chi connectivity index (χ3n) is 3.78. The van der Waals surface area contributed by atoms with Gasteiger partial charge in [-0.25, -0.2) is 8.78 Å². The van der Waals surface area contributed by atoms with Crippen molar-refractivity contribution in [2.75, 3.05) is 0 Å². The lowest BCUT2D eigenvalue weighted by Gasteiger charge is -2.32. The van der Waals surface area contributed by atoms with Crippen LogP contribution in [0, 0.1) is 0 Å². The molecule has 2 heterocycles. The van der Waals surface area contributed by atoms with Crippen molar-refractivity contribution in [3.05, 3.63) is 24.0 Å². The van der Waals surface area contributed by atoms with Crippen LogP contribution < -0.4 is 5.46 Å². The molecule has 3 nitrogen and oxygen atoms in total. The van der Waals surface area contributed by atoms with Crippen LogP contribution in [0.5, 0.6) is 0 Å². The second kappa shape index (κ2) is 4.83. The summed E-state index contributed by atoms with van der Waals surface area (Å²) in [6.07, 6.45) is -1.32. The number of alkyl halides is 2. The summed E-state index contributed by atoms with van der Waals surface area (Å²) in [5, 5.41) is 0. The van der Waals surface area contributed by atoms with Gasteiger partial charge in [0.25, 0.3) is 0 Å². The molecule has 1 aromatic rings. The zero-order valence-electron chi connectivity index (χ0n) is 11.6. The number of nitrogens with zero attached hydrogens (tertiary/aromatic N) is 1. The number of rotatable bonds is 3. The first-order chi connectivity index (χ1) is 8.73. The molecule has 0 unspecified atom stereocenters. The van der Waals surface area contributed by atoms with E-state index in [2.05, 4.69) is 4.98 Å². The maximum absolute atomic E-state index is 12.6. The Morgan fingerprint density at radius 2 is 1.79 bits per heavy atom. The fraction of sp³-hybridized carbons (Fsp3) is 0.615. The van der Waals surface area contributed by atoms with E-state index in [4.69, 9.17) is 9.31 Å². The van der Waals surface area contributed by atoms with Gasteiger partial charge in [0.2, 0.25) is 6.43 Å². The van der Waals surface area contributed by atoms with Crippen molar-refractivity contribution in [1.82, 2.24) is 4.98 Å². The maximum atomic E-state index is 12.6. The van der Waals surface area contributed by atoms with Crippen LogP contribution in [0.1, 0.15) is 33.4 Å². The summed E-state index contributed by atoms with van der Waals surface area (Å²) < 4.78 is 36.9. The van der Waals surface area contributed by atoms with Crippen molar-refractivity contribution in [3.63, 3.8) is 0 Å². The number of halogens is 2. The zero-order chi connectivity index (χ0) is 14.3. The minimum atomic E-state index is -2.43. The molecule has 0 spiro atoms. The summed E-state index contributed by atoms with van der Waals surface area (Å²) in [6, 6.07) is 3.43. The van der Waals surface area contributed by atoms with Gasteiger partial charge in [-0.3, -0.25) is 4.98 Å². The molecule has 1 aliphatic rings. The van der Waals surface area contributed by atoms with Gasteiger partial charge in [-0.1, -0.05) is 6.07 Å². The third kappa shape index (κ3) is 2.79. The van der Waals surface area contributed by atoms with Crippen molar-refractivity contribution in [3.8, 4) is 0 Å². The molecule has 0 radical (unpaired) electrons. The van der Waals surface area contributed by atoms with Gasteiger partial charge in [0.1, 0.15) is 0 Å². The largest absolute Gasteiger partial charge is 0.496 e. The summed E-state index contributed by atoms with van der Waals surface area (Å²) in [5.74, 6) is 0. The SMILES string of the molecule is CC1(C)OB(c2cccnc2CC(F)F)OC1(C)C. The first kappa shape index (κ1) is 14.4.